The van der Waals surface area contributed by atoms with Crippen LogP contribution in [-0.4, -0.2) is 24.4 Å². The smallest absolute Gasteiger partial charge is 0.230 e. The van der Waals surface area contributed by atoms with Crippen molar-refractivity contribution in [3.8, 4) is 0 Å². The average molecular weight is 278 g/mol. The number of nitrogens with zero attached hydrogens (tertiary/aromatic N) is 1. The van der Waals surface area contributed by atoms with Gasteiger partial charge in [0.25, 0.3) is 0 Å². The fourth-order valence-electron chi connectivity index (χ4n) is 3.10. The first kappa shape index (κ1) is 15.1. The predicted molar refractivity (Wildman–Crippen MR) is 79.0 cm³/mol. The molecule has 20 heavy (non-hydrogen) atoms. The van der Waals surface area contributed by atoms with Crippen LogP contribution < -0.4 is 5.73 Å². The highest BCUT2D eigenvalue weighted by atomic mass is 16.3. The molecule has 0 spiro atoms. The molecular weight excluding hydrogens is 252 g/mol. The summed E-state index contributed by atoms with van der Waals surface area (Å²) >= 11 is 0. The Bertz CT molecular complexity index is 459. The highest BCUT2D eigenvalue weighted by Crippen LogP contribution is 2.39. The van der Waals surface area contributed by atoms with E-state index in [1.807, 2.05) is 26.1 Å². The topological polar surface area (TPSA) is 59.5 Å². The van der Waals surface area contributed by atoms with E-state index in [1.165, 1.54) is 0 Å². The SMILES string of the molecule is Cc1ccc(CN(C)C(=O)C2(CN)CCC(C)CC2)o1. The molecule has 1 aromatic rings. The standard InChI is InChI=1S/C16H26N2O2/c1-12-6-8-16(11-17,9-7-12)15(19)18(3)10-14-5-4-13(2)20-14/h4-5,12H,6-11,17H2,1-3H3. The van der Waals surface area contributed by atoms with Gasteiger partial charge in [0.05, 0.1) is 12.0 Å². The van der Waals surface area contributed by atoms with Gasteiger partial charge in [-0.2, -0.15) is 0 Å². The zero-order valence-electron chi connectivity index (χ0n) is 12.8. The van der Waals surface area contributed by atoms with Gasteiger partial charge in [-0.1, -0.05) is 6.92 Å². The lowest BCUT2D eigenvalue weighted by atomic mass is 9.70. The summed E-state index contributed by atoms with van der Waals surface area (Å²) in [6.45, 7) is 5.12. The molecule has 112 valence electrons. The molecule has 1 saturated carbocycles. The van der Waals surface area contributed by atoms with E-state index in [4.69, 9.17) is 10.2 Å². The molecule has 1 aliphatic carbocycles. The molecule has 0 atom stereocenters. The molecule has 0 aliphatic heterocycles. The predicted octanol–water partition coefficient (Wildman–Crippen LogP) is 2.70. The van der Waals surface area contributed by atoms with Gasteiger partial charge < -0.3 is 15.1 Å². The number of rotatable bonds is 4. The summed E-state index contributed by atoms with van der Waals surface area (Å²) in [5.41, 5.74) is 5.59. The van der Waals surface area contributed by atoms with Crippen LogP contribution in [-0.2, 0) is 11.3 Å². The van der Waals surface area contributed by atoms with Gasteiger partial charge in [-0.3, -0.25) is 4.79 Å². The summed E-state index contributed by atoms with van der Waals surface area (Å²) in [6, 6.07) is 3.85. The Balaban J connectivity index is 2.04. The van der Waals surface area contributed by atoms with E-state index in [0.717, 1.165) is 37.2 Å². The lowest BCUT2D eigenvalue weighted by Gasteiger charge is -2.39. The van der Waals surface area contributed by atoms with Gasteiger partial charge in [0, 0.05) is 13.6 Å². The molecule has 0 saturated heterocycles. The van der Waals surface area contributed by atoms with E-state index in [1.54, 1.807) is 4.90 Å². The summed E-state index contributed by atoms with van der Waals surface area (Å²) in [6.07, 6.45) is 4.00. The fourth-order valence-corrected chi connectivity index (χ4v) is 3.10. The van der Waals surface area contributed by atoms with Crippen molar-refractivity contribution in [2.75, 3.05) is 13.6 Å². The van der Waals surface area contributed by atoms with Crippen molar-refractivity contribution >= 4 is 5.91 Å². The van der Waals surface area contributed by atoms with Crippen molar-refractivity contribution in [3.63, 3.8) is 0 Å². The van der Waals surface area contributed by atoms with E-state index < -0.39 is 0 Å². The minimum Gasteiger partial charge on any atom is -0.464 e. The zero-order valence-corrected chi connectivity index (χ0v) is 12.8. The van der Waals surface area contributed by atoms with Crippen LogP contribution >= 0.6 is 0 Å². The second kappa shape index (κ2) is 6.00. The summed E-state index contributed by atoms with van der Waals surface area (Å²) in [5.74, 6) is 2.58. The zero-order chi connectivity index (χ0) is 14.8. The second-order valence-corrected chi connectivity index (χ2v) is 6.34. The van der Waals surface area contributed by atoms with Gasteiger partial charge in [-0.25, -0.2) is 0 Å². The Morgan fingerprint density at radius 3 is 2.60 bits per heavy atom. The van der Waals surface area contributed by atoms with Crippen LogP contribution in [0.25, 0.3) is 0 Å². The highest BCUT2D eigenvalue weighted by Gasteiger charge is 2.41. The largest absolute Gasteiger partial charge is 0.464 e. The number of amides is 1. The van der Waals surface area contributed by atoms with E-state index in [2.05, 4.69) is 6.92 Å². The number of hydrogen-bond acceptors (Lipinski definition) is 3. The van der Waals surface area contributed by atoms with E-state index in [-0.39, 0.29) is 11.3 Å². The molecule has 0 unspecified atom stereocenters. The molecular formula is C16H26N2O2. The van der Waals surface area contributed by atoms with E-state index in [0.29, 0.717) is 19.0 Å². The molecule has 2 rings (SSSR count). The average Bonchev–Trinajstić information content (AvgIpc) is 2.84. The first-order valence-electron chi connectivity index (χ1n) is 7.48. The van der Waals surface area contributed by atoms with Gasteiger partial charge in [0.1, 0.15) is 11.5 Å². The molecule has 1 amide bonds. The van der Waals surface area contributed by atoms with E-state index >= 15 is 0 Å². The van der Waals surface area contributed by atoms with E-state index in [9.17, 15) is 4.79 Å². The van der Waals surface area contributed by atoms with Crippen LogP contribution in [0.15, 0.2) is 16.5 Å². The number of carbonyl (C=O) groups is 1. The fraction of sp³-hybridized carbons (Fsp3) is 0.688. The molecule has 4 nitrogen and oxygen atoms in total. The van der Waals surface area contributed by atoms with Crippen molar-refractivity contribution in [2.45, 2.75) is 46.1 Å². The van der Waals surface area contributed by atoms with Crippen LogP contribution in [0, 0.1) is 18.3 Å². The van der Waals surface area contributed by atoms with Gasteiger partial charge in [0.2, 0.25) is 5.91 Å². The minimum absolute atomic E-state index is 0.168. The molecule has 0 radical (unpaired) electrons. The molecule has 1 aromatic heterocycles. The molecule has 1 heterocycles. The maximum atomic E-state index is 12.8. The molecule has 1 fully saturated rings. The molecule has 0 bridgehead atoms. The number of carbonyl (C=O) groups excluding carboxylic acids is 1. The number of aryl methyl sites for hydroxylation is 1. The quantitative estimate of drug-likeness (QED) is 0.921. The third kappa shape index (κ3) is 3.06. The summed E-state index contributed by atoms with van der Waals surface area (Å²) in [7, 11) is 1.84. The minimum atomic E-state index is -0.358. The highest BCUT2D eigenvalue weighted by molar-refractivity contribution is 5.82. The number of hydrogen-bond donors (Lipinski definition) is 1. The van der Waals surface area contributed by atoms with Crippen molar-refractivity contribution in [1.82, 2.24) is 4.90 Å². The maximum Gasteiger partial charge on any atom is 0.230 e. The van der Waals surface area contributed by atoms with Crippen LogP contribution in [0.3, 0.4) is 0 Å². The Labute approximate surface area is 121 Å². The maximum absolute atomic E-state index is 12.8. The summed E-state index contributed by atoms with van der Waals surface area (Å²) in [5, 5.41) is 0. The lowest BCUT2D eigenvalue weighted by molar-refractivity contribution is -0.143. The van der Waals surface area contributed by atoms with Crippen molar-refractivity contribution in [1.29, 1.82) is 0 Å². The monoisotopic (exact) mass is 278 g/mol. The van der Waals surface area contributed by atoms with Crippen LogP contribution in [0.1, 0.15) is 44.1 Å². The van der Waals surface area contributed by atoms with Crippen molar-refractivity contribution in [2.24, 2.45) is 17.1 Å². The lowest BCUT2D eigenvalue weighted by Crippen LogP contribution is -2.48. The third-order valence-corrected chi connectivity index (χ3v) is 4.61. The van der Waals surface area contributed by atoms with Gasteiger partial charge in [-0.15, -0.1) is 0 Å². The Hall–Kier alpha value is -1.29. The Morgan fingerprint density at radius 1 is 1.45 bits per heavy atom. The summed E-state index contributed by atoms with van der Waals surface area (Å²) in [4.78, 5) is 14.5. The van der Waals surface area contributed by atoms with Crippen LogP contribution in [0.5, 0.6) is 0 Å². The number of furan rings is 1. The van der Waals surface area contributed by atoms with Crippen LogP contribution in [0.4, 0.5) is 0 Å². The van der Waals surface area contributed by atoms with Gasteiger partial charge in [0.15, 0.2) is 0 Å². The number of nitrogens with two attached hydrogens (primary N) is 1. The van der Waals surface area contributed by atoms with Crippen molar-refractivity contribution < 1.29 is 9.21 Å². The van der Waals surface area contributed by atoms with Gasteiger partial charge >= 0.3 is 0 Å². The van der Waals surface area contributed by atoms with Crippen LogP contribution in [0.2, 0.25) is 0 Å². The second-order valence-electron chi connectivity index (χ2n) is 6.34. The van der Waals surface area contributed by atoms with Crippen molar-refractivity contribution in [3.05, 3.63) is 23.7 Å². The normalized spacial score (nSPS) is 26.5. The third-order valence-electron chi connectivity index (χ3n) is 4.61. The summed E-state index contributed by atoms with van der Waals surface area (Å²) < 4.78 is 5.55. The molecule has 4 heteroatoms. The molecule has 2 N–H and O–H groups in total. The Morgan fingerprint density at radius 2 is 2.10 bits per heavy atom. The Kier molecular flexibility index (Phi) is 4.53. The van der Waals surface area contributed by atoms with Gasteiger partial charge in [-0.05, 0) is 50.7 Å². The molecule has 0 aromatic carbocycles. The molecule has 1 aliphatic rings. The first-order chi connectivity index (χ1) is 9.47. The first-order valence-corrected chi connectivity index (χ1v) is 7.48.